The zero-order chi connectivity index (χ0) is 31.1. The van der Waals surface area contributed by atoms with E-state index < -0.39 is 0 Å². The van der Waals surface area contributed by atoms with Gasteiger partial charge in [-0.25, -0.2) is 0 Å². The van der Waals surface area contributed by atoms with Gasteiger partial charge in [0.15, 0.2) is 0 Å². The minimum Gasteiger partial charge on any atom is -0.491 e. The van der Waals surface area contributed by atoms with Gasteiger partial charge in [0.1, 0.15) is 18.1 Å². The second-order valence-electron chi connectivity index (χ2n) is 13.2. The molecule has 1 aromatic rings. The van der Waals surface area contributed by atoms with Gasteiger partial charge in [-0.15, -0.1) is 0 Å². The molecular weight excluding hydrogens is 528 g/mol. The van der Waals surface area contributed by atoms with Crippen LogP contribution in [-0.4, -0.2) is 24.4 Å². The molecule has 0 saturated heterocycles. The van der Waals surface area contributed by atoms with Gasteiger partial charge in [0.05, 0.1) is 12.7 Å². The molecule has 1 aromatic carbocycles. The predicted molar refractivity (Wildman–Crippen MR) is 189 cm³/mol. The average Bonchev–Trinajstić information content (AvgIpc) is 3.01. The Kier molecular flexibility index (Phi) is 28.5. The highest BCUT2D eigenvalue weighted by atomic mass is 16.5. The van der Waals surface area contributed by atoms with E-state index in [9.17, 15) is 5.11 Å². The number of benzene rings is 1. The van der Waals surface area contributed by atoms with Crippen molar-refractivity contribution in [2.45, 2.75) is 207 Å². The number of hydrogen-bond acceptors (Lipinski definition) is 3. The van der Waals surface area contributed by atoms with Gasteiger partial charge in [-0.05, 0) is 56.2 Å². The van der Waals surface area contributed by atoms with Crippen LogP contribution in [0.15, 0.2) is 18.2 Å². The zero-order valence-electron chi connectivity index (χ0n) is 29.3. The van der Waals surface area contributed by atoms with Crippen molar-refractivity contribution in [2.24, 2.45) is 0 Å². The van der Waals surface area contributed by atoms with Gasteiger partial charge in [-0.2, -0.15) is 0 Å². The Labute approximate surface area is 269 Å². The van der Waals surface area contributed by atoms with Gasteiger partial charge in [-0.1, -0.05) is 162 Å². The van der Waals surface area contributed by atoms with Crippen LogP contribution in [-0.2, 0) is 6.42 Å². The van der Waals surface area contributed by atoms with Gasteiger partial charge in [0, 0.05) is 6.07 Å². The van der Waals surface area contributed by atoms with E-state index in [0.717, 1.165) is 30.8 Å². The molecular formula is C40H74O3. The van der Waals surface area contributed by atoms with E-state index >= 15 is 0 Å². The first-order chi connectivity index (χ1) is 21.2. The molecule has 0 amide bonds. The van der Waals surface area contributed by atoms with Crippen LogP contribution in [0.1, 0.15) is 200 Å². The molecule has 43 heavy (non-hydrogen) atoms. The molecule has 1 N–H and O–H groups in total. The van der Waals surface area contributed by atoms with Crippen LogP contribution in [0.2, 0.25) is 0 Å². The molecule has 0 bridgehead atoms. The SMILES string of the molecule is CCCCCCCCCCCCCCCc1cc(OCCO)cc(OC(CCCCCCCC)CCCCCCCC)c1. The Morgan fingerprint density at radius 3 is 1.33 bits per heavy atom. The number of rotatable bonds is 33. The second kappa shape index (κ2) is 30.8. The summed E-state index contributed by atoms with van der Waals surface area (Å²) in [7, 11) is 0. The van der Waals surface area contributed by atoms with Crippen molar-refractivity contribution >= 4 is 0 Å². The molecule has 3 nitrogen and oxygen atoms in total. The van der Waals surface area contributed by atoms with E-state index in [1.165, 1.54) is 166 Å². The first kappa shape index (κ1) is 39.8. The van der Waals surface area contributed by atoms with E-state index in [1.807, 2.05) is 0 Å². The van der Waals surface area contributed by atoms with E-state index in [0.29, 0.717) is 6.61 Å². The van der Waals surface area contributed by atoms with Gasteiger partial charge in [0.25, 0.3) is 0 Å². The fourth-order valence-corrected chi connectivity index (χ4v) is 6.20. The summed E-state index contributed by atoms with van der Waals surface area (Å²) >= 11 is 0. The third kappa shape index (κ3) is 24.7. The topological polar surface area (TPSA) is 38.7 Å². The highest BCUT2D eigenvalue weighted by molar-refractivity contribution is 5.38. The number of unbranched alkanes of at least 4 members (excludes halogenated alkanes) is 22. The Hall–Kier alpha value is -1.22. The summed E-state index contributed by atoms with van der Waals surface area (Å²) in [5.41, 5.74) is 1.31. The number of ether oxygens (including phenoxy) is 2. The summed E-state index contributed by atoms with van der Waals surface area (Å²) in [5.74, 6) is 1.80. The standard InChI is InChI=1S/C40H74O3/c1-4-7-10-13-16-17-18-19-20-21-22-23-26-29-37-34-39(42-33-32-41)36-40(35-37)43-38(30-27-24-14-11-8-5-2)31-28-25-15-12-9-6-3/h34-36,38,41H,4-33H2,1-3H3. The Morgan fingerprint density at radius 1 is 0.488 bits per heavy atom. The summed E-state index contributed by atoms with van der Waals surface area (Å²) in [6, 6.07) is 6.49. The molecule has 0 aliphatic carbocycles. The van der Waals surface area contributed by atoms with Crippen LogP contribution < -0.4 is 9.47 Å². The molecule has 0 saturated carbocycles. The van der Waals surface area contributed by atoms with Crippen LogP contribution in [0.4, 0.5) is 0 Å². The molecule has 3 heteroatoms. The highest BCUT2D eigenvalue weighted by Crippen LogP contribution is 2.28. The van der Waals surface area contributed by atoms with Crippen LogP contribution in [0.25, 0.3) is 0 Å². The first-order valence-electron chi connectivity index (χ1n) is 19.3. The summed E-state index contributed by atoms with van der Waals surface area (Å²) < 4.78 is 12.6. The van der Waals surface area contributed by atoms with Crippen molar-refractivity contribution in [3.8, 4) is 11.5 Å². The zero-order valence-corrected chi connectivity index (χ0v) is 29.3. The molecule has 0 spiro atoms. The first-order valence-corrected chi connectivity index (χ1v) is 19.3. The van der Waals surface area contributed by atoms with Gasteiger partial charge < -0.3 is 14.6 Å². The minimum atomic E-state index is 0.0396. The molecule has 0 aliphatic rings. The molecule has 0 aromatic heterocycles. The maximum absolute atomic E-state index is 9.34. The Morgan fingerprint density at radius 2 is 0.884 bits per heavy atom. The number of aliphatic hydroxyl groups is 1. The number of hydrogen-bond donors (Lipinski definition) is 1. The van der Waals surface area contributed by atoms with Crippen LogP contribution in [0.3, 0.4) is 0 Å². The largest absolute Gasteiger partial charge is 0.491 e. The van der Waals surface area contributed by atoms with Gasteiger partial charge in [-0.3, -0.25) is 0 Å². The Bertz CT molecular complexity index is 687. The van der Waals surface area contributed by atoms with Crippen molar-refractivity contribution in [2.75, 3.05) is 13.2 Å². The molecule has 0 atom stereocenters. The maximum atomic E-state index is 9.34. The van der Waals surface area contributed by atoms with E-state index in [1.54, 1.807) is 0 Å². The van der Waals surface area contributed by atoms with Crippen molar-refractivity contribution in [1.82, 2.24) is 0 Å². The lowest BCUT2D eigenvalue weighted by atomic mass is 10.0. The quantitative estimate of drug-likeness (QED) is 0.0813. The lowest BCUT2D eigenvalue weighted by Gasteiger charge is -2.21. The van der Waals surface area contributed by atoms with E-state index in [2.05, 4.69) is 39.0 Å². The Balaban J connectivity index is 2.52. The number of aryl methyl sites for hydroxylation is 1. The lowest BCUT2D eigenvalue weighted by molar-refractivity contribution is 0.170. The molecule has 1 rings (SSSR count). The molecule has 0 fully saturated rings. The van der Waals surface area contributed by atoms with Crippen molar-refractivity contribution in [3.05, 3.63) is 23.8 Å². The average molecular weight is 603 g/mol. The molecule has 0 unspecified atom stereocenters. The minimum absolute atomic E-state index is 0.0396. The maximum Gasteiger partial charge on any atom is 0.123 e. The summed E-state index contributed by atoms with van der Waals surface area (Å²) in [5, 5.41) is 9.34. The van der Waals surface area contributed by atoms with E-state index in [-0.39, 0.29) is 12.7 Å². The van der Waals surface area contributed by atoms with Gasteiger partial charge in [0.2, 0.25) is 0 Å². The molecule has 0 heterocycles. The van der Waals surface area contributed by atoms with Crippen molar-refractivity contribution < 1.29 is 14.6 Å². The highest BCUT2D eigenvalue weighted by Gasteiger charge is 2.13. The third-order valence-electron chi connectivity index (χ3n) is 8.93. The lowest BCUT2D eigenvalue weighted by Crippen LogP contribution is -2.17. The normalized spacial score (nSPS) is 11.5. The van der Waals surface area contributed by atoms with Crippen LogP contribution in [0.5, 0.6) is 11.5 Å². The molecule has 0 radical (unpaired) electrons. The molecule has 0 aliphatic heterocycles. The third-order valence-corrected chi connectivity index (χ3v) is 8.93. The van der Waals surface area contributed by atoms with Gasteiger partial charge >= 0.3 is 0 Å². The monoisotopic (exact) mass is 603 g/mol. The molecule has 252 valence electrons. The number of aliphatic hydroxyl groups excluding tert-OH is 1. The van der Waals surface area contributed by atoms with E-state index in [4.69, 9.17) is 9.47 Å². The summed E-state index contributed by atoms with van der Waals surface area (Å²) in [6.07, 6.45) is 37.6. The fourth-order valence-electron chi connectivity index (χ4n) is 6.20. The van der Waals surface area contributed by atoms with Crippen molar-refractivity contribution in [3.63, 3.8) is 0 Å². The summed E-state index contributed by atoms with van der Waals surface area (Å²) in [6.45, 7) is 7.24. The predicted octanol–water partition coefficient (Wildman–Crippen LogP) is 12.9. The van der Waals surface area contributed by atoms with Crippen molar-refractivity contribution in [1.29, 1.82) is 0 Å². The van der Waals surface area contributed by atoms with Crippen LogP contribution >= 0.6 is 0 Å². The fraction of sp³-hybridized carbons (Fsp3) is 0.850. The summed E-state index contributed by atoms with van der Waals surface area (Å²) in [4.78, 5) is 0. The smallest absolute Gasteiger partial charge is 0.123 e. The second-order valence-corrected chi connectivity index (χ2v) is 13.2. The van der Waals surface area contributed by atoms with Crippen LogP contribution in [0, 0.1) is 0 Å².